The summed E-state index contributed by atoms with van der Waals surface area (Å²) in [6.07, 6.45) is 0. The molecule has 3 aromatic carbocycles. The van der Waals surface area contributed by atoms with Crippen LogP contribution in [0, 0.1) is 0 Å². The van der Waals surface area contributed by atoms with Crippen molar-refractivity contribution in [2.45, 2.75) is 9.79 Å². The maximum atomic E-state index is 13.7. The van der Waals surface area contributed by atoms with Gasteiger partial charge in [0.15, 0.2) is 0 Å². The minimum absolute atomic E-state index is 0.0198. The lowest BCUT2D eigenvalue weighted by atomic mass is 10.1. The first-order chi connectivity index (χ1) is 13.5. The molecule has 28 heavy (non-hydrogen) atoms. The van der Waals surface area contributed by atoms with Crippen LogP contribution in [-0.4, -0.2) is 34.1 Å². The third-order valence-corrected chi connectivity index (χ3v) is 5.91. The van der Waals surface area contributed by atoms with Gasteiger partial charge >= 0.3 is 0 Å². The number of carbonyl (C=O) groups excluding carboxylic acids is 1. The lowest BCUT2D eigenvalue weighted by Gasteiger charge is -2.36. The molecule has 0 fully saturated rings. The van der Waals surface area contributed by atoms with Crippen molar-refractivity contribution in [2.75, 3.05) is 42.9 Å². The fourth-order valence-electron chi connectivity index (χ4n) is 3.54. The Morgan fingerprint density at radius 3 is 2.14 bits per heavy atom. The van der Waals surface area contributed by atoms with E-state index in [-0.39, 0.29) is 5.91 Å². The summed E-state index contributed by atoms with van der Waals surface area (Å²) in [6, 6.07) is 21.8. The maximum absolute atomic E-state index is 13.7. The topological polar surface area (TPSA) is 26.8 Å². The molecule has 4 nitrogen and oxygen atoms in total. The lowest BCUT2D eigenvalue weighted by Crippen LogP contribution is -2.31. The fraction of sp³-hybridized carbons (Fsp3) is 0.174. The molecule has 0 saturated carbocycles. The molecule has 1 amide bonds. The van der Waals surface area contributed by atoms with Crippen LogP contribution >= 0.6 is 11.8 Å². The van der Waals surface area contributed by atoms with E-state index < -0.39 is 0 Å². The van der Waals surface area contributed by atoms with Gasteiger partial charge < -0.3 is 9.80 Å². The average molecular weight is 390 g/mol. The molecule has 0 bridgehead atoms. The van der Waals surface area contributed by atoms with Crippen LogP contribution in [0.1, 0.15) is 10.4 Å². The van der Waals surface area contributed by atoms with E-state index in [2.05, 4.69) is 28.0 Å². The maximum Gasteiger partial charge on any atom is 0.262 e. The van der Waals surface area contributed by atoms with Gasteiger partial charge in [0.25, 0.3) is 5.91 Å². The summed E-state index contributed by atoms with van der Waals surface area (Å²) >= 11 is 1.71. The number of amides is 1. The number of fused-ring (bicyclic) bond motifs is 2. The van der Waals surface area contributed by atoms with Crippen LogP contribution in [0.5, 0.6) is 0 Å². The first-order valence-corrected chi connectivity index (χ1v) is 9.98. The number of rotatable bonds is 3. The zero-order valence-electron chi connectivity index (χ0n) is 16.5. The number of anilines is 4. The predicted octanol–water partition coefficient (Wildman–Crippen LogP) is 5.26. The van der Waals surface area contributed by atoms with Gasteiger partial charge in [-0.2, -0.15) is 0 Å². The monoisotopic (exact) mass is 389 g/mol. The van der Waals surface area contributed by atoms with Crippen LogP contribution in [-0.2, 0) is 0 Å². The van der Waals surface area contributed by atoms with Crippen LogP contribution in [0.25, 0.3) is 0 Å². The highest BCUT2D eigenvalue weighted by Crippen LogP contribution is 2.54. The average Bonchev–Trinajstić information content (AvgIpc) is 2.71. The van der Waals surface area contributed by atoms with E-state index in [1.807, 2.05) is 81.6 Å². The Balaban J connectivity index is 2.00. The van der Waals surface area contributed by atoms with Gasteiger partial charge in [0.05, 0.1) is 22.7 Å². The van der Waals surface area contributed by atoms with Crippen LogP contribution < -0.4 is 14.7 Å². The Morgan fingerprint density at radius 1 is 0.786 bits per heavy atom. The zero-order chi connectivity index (χ0) is 19.8. The smallest absolute Gasteiger partial charge is 0.262 e. The fourth-order valence-corrected chi connectivity index (χ4v) is 4.61. The summed E-state index contributed by atoms with van der Waals surface area (Å²) < 4.78 is 0. The number of nitrogens with zero attached hydrogens (tertiary/aromatic N) is 3. The van der Waals surface area contributed by atoms with Gasteiger partial charge in [0.2, 0.25) is 0 Å². The molecule has 1 aliphatic heterocycles. The second kappa shape index (κ2) is 7.24. The molecule has 0 aliphatic carbocycles. The summed E-state index contributed by atoms with van der Waals surface area (Å²) in [6.45, 7) is 0. The zero-order valence-corrected chi connectivity index (χ0v) is 17.3. The van der Waals surface area contributed by atoms with E-state index in [1.165, 1.54) is 0 Å². The molecule has 0 unspecified atom stereocenters. The van der Waals surface area contributed by atoms with Crippen molar-refractivity contribution in [3.8, 4) is 0 Å². The van der Waals surface area contributed by atoms with Crippen molar-refractivity contribution in [2.24, 2.45) is 0 Å². The molecule has 0 spiro atoms. The third kappa shape index (κ3) is 3.02. The molecule has 0 N–H and O–H groups in total. The second-order valence-corrected chi connectivity index (χ2v) is 8.23. The predicted molar refractivity (Wildman–Crippen MR) is 119 cm³/mol. The summed E-state index contributed by atoms with van der Waals surface area (Å²) in [4.78, 5) is 21.9. The van der Waals surface area contributed by atoms with Crippen molar-refractivity contribution in [3.05, 3.63) is 72.3 Å². The Hall–Kier alpha value is -2.92. The van der Waals surface area contributed by atoms with Gasteiger partial charge in [-0.15, -0.1) is 0 Å². The highest BCUT2D eigenvalue weighted by Gasteiger charge is 2.33. The van der Waals surface area contributed by atoms with E-state index in [0.717, 1.165) is 32.5 Å². The van der Waals surface area contributed by atoms with Gasteiger partial charge in [-0.25, -0.2) is 0 Å². The summed E-state index contributed by atoms with van der Waals surface area (Å²) in [5.41, 5.74) is 4.65. The summed E-state index contributed by atoms with van der Waals surface area (Å²) in [5.74, 6) is -0.0198. The number of hydrogen-bond donors (Lipinski definition) is 0. The molecule has 3 aromatic rings. The van der Waals surface area contributed by atoms with Gasteiger partial charge in [0, 0.05) is 43.5 Å². The molecular weight excluding hydrogens is 366 g/mol. The molecule has 1 heterocycles. The second-order valence-electron chi connectivity index (χ2n) is 7.15. The molecule has 0 saturated heterocycles. The highest BCUT2D eigenvalue weighted by atomic mass is 32.2. The largest absolute Gasteiger partial charge is 0.376 e. The normalized spacial score (nSPS) is 12.2. The van der Waals surface area contributed by atoms with Gasteiger partial charge in [0.1, 0.15) is 0 Å². The molecule has 5 heteroatoms. The van der Waals surface area contributed by atoms with Crippen molar-refractivity contribution >= 4 is 40.4 Å². The summed E-state index contributed by atoms with van der Waals surface area (Å²) in [5, 5.41) is 0. The molecular formula is C23H23N3OS. The quantitative estimate of drug-likeness (QED) is 0.610. The highest BCUT2D eigenvalue weighted by molar-refractivity contribution is 7.99. The van der Waals surface area contributed by atoms with E-state index in [0.29, 0.717) is 5.56 Å². The molecule has 1 aliphatic rings. The molecule has 4 rings (SSSR count). The number of carbonyl (C=O) groups is 1. The molecule has 0 atom stereocenters. The Kier molecular flexibility index (Phi) is 4.77. The first-order valence-electron chi connectivity index (χ1n) is 9.17. The Bertz CT molecular complexity index is 1030. The first kappa shape index (κ1) is 18.4. The number of benzene rings is 3. The van der Waals surface area contributed by atoms with Crippen molar-refractivity contribution in [3.63, 3.8) is 0 Å². The van der Waals surface area contributed by atoms with E-state index in [9.17, 15) is 4.79 Å². The number of para-hydroxylation sites is 1. The Morgan fingerprint density at radius 2 is 1.46 bits per heavy atom. The van der Waals surface area contributed by atoms with Crippen LogP contribution in [0.2, 0.25) is 0 Å². The van der Waals surface area contributed by atoms with Gasteiger partial charge in [-0.3, -0.25) is 9.69 Å². The SMILES string of the molecule is CN(C)c1ccc2c(c1N(C)C)N(C(=O)c1ccccc1)c1ccccc1S2. The third-order valence-electron chi connectivity index (χ3n) is 4.80. The van der Waals surface area contributed by atoms with E-state index >= 15 is 0 Å². The van der Waals surface area contributed by atoms with Gasteiger partial charge in [-0.05, 0) is 36.4 Å². The van der Waals surface area contributed by atoms with Crippen molar-refractivity contribution in [1.82, 2.24) is 0 Å². The molecule has 142 valence electrons. The summed E-state index contributed by atoms with van der Waals surface area (Å²) in [7, 11) is 8.11. The standard InChI is InChI=1S/C23H23N3OS/c1-24(2)18-14-15-20-22(21(18)25(3)4)26(17-12-8-9-13-19(17)28-20)23(27)16-10-6-5-7-11-16/h5-15H,1-4H3. The minimum atomic E-state index is -0.0198. The van der Waals surface area contributed by atoms with E-state index in [1.54, 1.807) is 11.8 Å². The molecule has 0 aromatic heterocycles. The lowest BCUT2D eigenvalue weighted by molar-refractivity contribution is 0.0998. The van der Waals surface area contributed by atoms with Crippen molar-refractivity contribution in [1.29, 1.82) is 0 Å². The van der Waals surface area contributed by atoms with E-state index in [4.69, 9.17) is 0 Å². The molecule has 0 radical (unpaired) electrons. The minimum Gasteiger partial charge on any atom is -0.376 e. The van der Waals surface area contributed by atoms with Gasteiger partial charge in [-0.1, -0.05) is 42.1 Å². The number of hydrogen-bond acceptors (Lipinski definition) is 4. The van der Waals surface area contributed by atoms with Crippen LogP contribution in [0.3, 0.4) is 0 Å². The van der Waals surface area contributed by atoms with Crippen molar-refractivity contribution < 1.29 is 4.79 Å². The Labute approximate surface area is 170 Å². The van der Waals surface area contributed by atoms with Crippen LogP contribution in [0.15, 0.2) is 76.5 Å². The van der Waals surface area contributed by atoms with Crippen LogP contribution in [0.4, 0.5) is 22.7 Å².